The van der Waals surface area contributed by atoms with E-state index in [4.69, 9.17) is 0 Å². The second kappa shape index (κ2) is 7.83. The highest BCUT2D eigenvalue weighted by Crippen LogP contribution is 2.13. The fourth-order valence-electron chi connectivity index (χ4n) is 3.00. The van der Waals surface area contributed by atoms with E-state index in [1.807, 2.05) is 12.3 Å². The third-order valence-corrected chi connectivity index (χ3v) is 4.10. The second-order valence-electron chi connectivity index (χ2n) is 6.03. The van der Waals surface area contributed by atoms with Crippen LogP contribution in [-0.4, -0.2) is 44.5 Å². The molecule has 1 amide bonds. The van der Waals surface area contributed by atoms with Crippen LogP contribution in [0.3, 0.4) is 0 Å². The minimum atomic E-state index is -0.408. The molecule has 0 radical (unpaired) electrons. The van der Waals surface area contributed by atoms with Crippen LogP contribution in [-0.2, 0) is 17.9 Å². The molecule has 0 aromatic carbocycles. The zero-order valence-corrected chi connectivity index (χ0v) is 13.5. The van der Waals surface area contributed by atoms with Crippen molar-refractivity contribution >= 4 is 5.91 Å². The molecule has 7 heteroatoms. The van der Waals surface area contributed by atoms with E-state index in [0.717, 1.165) is 32.5 Å². The fraction of sp³-hybridized carbons (Fsp3) is 0.412. The SMILES string of the molecule is O=C(Cn1cccnc1=O)NC1CCCN(Cc2cccnc2)C1. The molecule has 0 spiro atoms. The van der Waals surface area contributed by atoms with Crippen LogP contribution in [0.1, 0.15) is 18.4 Å². The predicted octanol–water partition coefficient (Wildman–Crippen LogP) is 0.419. The molecule has 24 heavy (non-hydrogen) atoms. The first kappa shape index (κ1) is 16.3. The van der Waals surface area contributed by atoms with Crippen molar-refractivity contribution in [1.82, 2.24) is 24.8 Å². The highest BCUT2D eigenvalue weighted by molar-refractivity contribution is 5.76. The van der Waals surface area contributed by atoms with Gasteiger partial charge in [0.1, 0.15) is 6.54 Å². The van der Waals surface area contributed by atoms with E-state index < -0.39 is 5.69 Å². The number of rotatable bonds is 5. The van der Waals surface area contributed by atoms with Crippen LogP contribution in [0, 0.1) is 0 Å². The van der Waals surface area contributed by atoms with Crippen molar-refractivity contribution in [2.75, 3.05) is 13.1 Å². The van der Waals surface area contributed by atoms with Crippen molar-refractivity contribution in [3.05, 3.63) is 59.0 Å². The largest absolute Gasteiger partial charge is 0.351 e. The Bertz CT molecular complexity index is 731. The summed E-state index contributed by atoms with van der Waals surface area (Å²) in [5, 5.41) is 3.03. The van der Waals surface area contributed by atoms with E-state index in [9.17, 15) is 9.59 Å². The summed E-state index contributed by atoms with van der Waals surface area (Å²) in [4.78, 5) is 33.8. The molecule has 7 nitrogen and oxygen atoms in total. The summed E-state index contributed by atoms with van der Waals surface area (Å²) in [6.07, 6.45) is 8.63. The minimum absolute atomic E-state index is 0.00573. The van der Waals surface area contributed by atoms with Crippen molar-refractivity contribution in [3.63, 3.8) is 0 Å². The zero-order valence-electron chi connectivity index (χ0n) is 13.5. The number of piperidine rings is 1. The Labute approximate surface area is 140 Å². The topological polar surface area (TPSA) is 80.1 Å². The lowest BCUT2D eigenvalue weighted by Crippen LogP contribution is -2.48. The maximum absolute atomic E-state index is 12.2. The first-order valence-electron chi connectivity index (χ1n) is 8.13. The standard InChI is InChI=1S/C17H21N5O2/c23-16(13-22-9-3-7-19-17(22)24)20-15-5-2-8-21(12-15)11-14-4-1-6-18-10-14/h1,3-4,6-7,9-10,15H,2,5,8,11-13H2,(H,20,23). The van der Waals surface area contributed by atoms with Crippen LogP contribution >= 0.6 is 0 Å². The highest BCUT2D eigenvalue weighted by Gasteiger charge is 2.21. The number of hydrogen-bond donors (Lipinski definition) is 1. The van der Waals surface area contributed by atoms with Crippen LogP contribution in [0.25, 0.3) is 0 Å². The molecule has 1 unspecified atom stereocenters. The van der Waals surface area contributed by atoms with Gasteiger partial charge < -0.3 is 5.32 Å². The molecule has 1 aliphatic rings. The van der Waals surface area contributed by atoms with Crippen molar-refractivity contribution < 1.29 is 4.79 Å². The first-order valence-corrected chi connectivity index (χ1v) is 8.13. The minimum Gasteiger partial charge on any atom is -0.351 e. The molecule has 0 bridgehead atoms. The van der Waals surface area contributed by atoms with Crippen LogP contribution in [0.5, 0.6) is 0 Å². The van der Waals surface area contributed by atoms with Gasteiger partial charge in [0, 0.05) is 43.9 Å². The van der Waals surface area contributed by atoms with Gasteiger partial charge in [0.05, 0.1) is 0 Å². The molecule has 1 fully saturated rings. The maximum Gasteiger partial charge on any atom is 0.347 e. The summed E-state index contributed by atoms with van der Waals surface area (Å²) in [6, 6.07) is 5.74. The Kier molecular flexibility index (Phi) is 5.32. The Morgan fingerprint density at radius 1 is 1.33 bits per heavy atom. The van der Waals surface area contributed by atoms with Crippen molar-refractivity contribution in [1.29, 1.82) is 0 Å². The average Bonchev–Trinajstić information content (AvgIpc) is 2.58. The van der Waals surface area contributed by atoms with Gasteiger partial charge in [-0.3, -0.25) is 19.2 Å². The molecule has 0 aliphatic carbocycles. The van der Waals surface area contributed by atoms with E-state index in [-0.39, 0.29) is 18.5 Å². The molecule has 2 aromatic rings. The quantitative estimate of drug-likeness (QED) is 0.861. The van der Waals surface area contributed by atoms with Crippen LogP contribution < -0.4 is 11.0 Å². The summed E-state index contributed by atoms with van der Waals surface area (Å²) >= 11 is 0. The number of carbonyl (C=O) groups excluding carboxylic acids is 1. The van der Waals surface area contributed by atoms with E-state index >= 15 is 0 Å². The number of hydrogen-bond acceptors (Lipinski definition) is 5. The number of amides is 1. The Hall–Kier alpha value is -2.54. The Morgan fingerprint density at radius 2 is 2.25 bits per heavy atom. The molecule has 0 saturated carbocycles. The number of nitrogens with one attached hydrogen (secondary N) is 1. The second-order valence-corrected chi connectivity index (χ2v) is 6.03. The predicted molar refractivity (Wildman–Crippen MR) is 89.2 cm³/mol. The molecule has 1 aliphatic heterocycles. The van der Waals surface area contributed by atoms with E-state index in [0.29, 0.717) is 0 Å². The molecule has 126 valence electrons. The zero-order chi connectivity index (χ0) is 16.8. The van der Waals surface area contributed by atoms with Gasteiger partial charge in [0.15, 0.2) is 0 Å². The van der Waals surface area contributed by atoms with Gasteiger partial charge in [-0.25, -0.2) is 9.78 Å². The Balaban J connectivity index is 1.52. The number of aromatic nitrogens is 3. The fourth-order valence-corrected chi connectivity index (χ4v) is 3.00. The molecule has 2 aromatic heterocycles. The number of pyridine rings is 1. The van der Waals surface area contributed by atoms with Crippen LogP contribution in [0.4, 0.5) is 0 Å². The van der Waals surface area contributed by atoms with Gasteiger partial charge in [-0.05, 0) is 37.1 Å². The Morgan fingerprint density at radius 3 is 3.04 bits per heavy atom. The van der Waals surface area contributed by atoms with Crippen molar-refractivity contribution in [2.24, 2.45) is 0 Å². The van der Waals surface area contributed by atoms with Crippen LogP contribution in [0.2, 0.25) is 0 Å². The lowest BCUT2D eigenvalue weighted by Gasteiger charge is -2.33. The molecule has 3 rings (SSSR count). The van der Waals surface area contributed by atoms with Gasteiger partial charge in [0.2, 0.25) is 5.91 Å². The summed E-state index contributed by atoms with van der Waals surface area (Å²) < 4.78 is 1.31. The third kappa shape index (κ3) is 4.48. The van der Waals surface area contributed by atoms with E-state index in [1.165, 1.54) is 16.3 Å². The molecule has 1 N–H and O–H groups in total. The van der Waals surface area contributed by atoms with E-state index in [1.54, 1.807) is 18.5 Å². The summed E-state index contributed by atoms with van der Waals surface area (Å²) in [5.41, 5.74) is 0.765. The first-order chi connectivity index (χ1) is 11.7. The number of carbonyl (C=O) groups is 1. The van der Waals surface area contributed by atoms with Crippen molar-refractivity contribution in [2.45, 2.75) is 32.0 Å². The molecule has 1 saturated heterocycles. The maximum atomic E-state index is 12.2. The van der Waals surface area contributed by atoms with Gasteiger partial charge >= 0.3 is 5.69 Å². The highest BCUT2D eigenvalue weighted by atomic mass is 16.2. The lowest BCUT2D eigenvalue weighted by molar-refractivity contribution is -0.122. The van der Waals surface area contributed by atoms with Gasteiger partial charge in [-0.15, -0.1) is 0 Å². The average molecular weight is 327 g/mol. The van der Waals surface area contributed by atoms with Gasteiger partial charge in [-0.1, -0.05) is 6.07 Å². The third-order valence-electron chi connectivity index (χ3n) is 4.10. The van der Waals surface area contributed by atoms with Crippen molar-refractivity contribution in [3.8, 4) is 0 Å². The van der Waals surface area contributed by atoms with Crippen LogP contribution in [0.15, 0.2) is 47.8 Å². The monoisotopic (exact) mass is 327 g/mol. The van der Waals surface area contributed by atoms with Gasteiger partial charge in [-0.2, -0.15) is 0 Å². The lowest BCUT2D eigenvalue weighted by atomic mass is 10.0. The van der Waals surface area contributed by atoms with E-state index in [2.05, 4.69) is 26.3 Å². The molecular formula is C17H21N5O2. The summed E-state index contributed by atoms with van der Waals surface area (Å²) in [6.45, 7) is 2.67. The smallest absolute Gasteiger partial charge is 0.347 e. The number of likely N-dealkylation sites (tertiary alicyclic amines) is 1. The van der Waals surface area contributed by atoms with Gasteiger partial charge in [0.25, 0.3) is 0 Å². The normalized spacial score (nSPS) is 18.2. The summed E-state index contributed by atoms with van der Waals surface area (Å²) in [5.74, 6) is -0.154. The molecule has 1 atom stereocenters. The molecule has 3 heterocycles. The summed E-state index contributed by atoms with van der Waals surface area (Å²) in [7, 11) is 0. The molecular weight excluding hydrogens is 306 g/mol. The number of nitrogens with zero attached hydrogens (tertiary/aromatic N) is 4.